The standard InChI is InChI=1S/C15H20N4S/c1(2-14-3-5-16-6-4-14)8-18-9-11-19(12-10-18)15-17-7-13-20-15/h3-7,13H,1-2,8-12H2. The summed E-state index contributed by atoms with van der Waals surface area (Å²) in [5.74, 6) is 0. The first-order valence-corrected chi connectivity index (χ1v) is 8.05. The van der Waals surface area contributed by atoms with Gasteiger partial charge in [-0.25, -0.2) is 4.98 Å². The molecule has 0 saturated carbocycles. The van der Waals surface area contributed by atoms with Crippen molar-refractivity contribution in [2.24, 2.45) is 0 Å². The molecule has 1 aliphatic rings. The van der Waals surface area contributed by atoms with E-state index < -0.39 is 0 Å². The van der Waals surface area contributed by atoms with Crippen molar-refractivity contribution in [1.29, 1.82) is 0 Å². The van der Waals surface area contributed by atoms with Gasteiger partial charge in [-0.15, -0.1) is 11.3 Å². The van der Waals surface area contributed by atoms with Gasteiger partial charge >= 0.3 is 0 Å². The number of rotatable bonds is 5. The molecular weight excluding hydrogens is 268 g/mol. The average Bonchev–Trinajstić information content (AvgIpc) is 3.03. The van der Waals surface area contributed by atoms with Crippen molar-refractivity contribution in [3.05, 3.63) is 41.7 Å². The Kier molecular flexibility index (Phi) is 4.61. The van der Waals surface area contributed by atoms with E-state index in [2.05, 4.69) is 37.3 Å². The molecule has 1 aliphatic heterocycles. The largest absolute Gasteiger partial charge is 0.346 e. The Hall–Kier alpha value is -1.46. The summed E-state index contributed by atoms with van der Waals surface area (Å²) in [6.07, 6.45) is 8.02. The zero-order valence-electron chi connectivity index (χ0n) is 11.6. The van der Waals surface area contributed by atoms with Gasteiger partial charge in [-0.05, 0) is 37.1 Å². The second-order valence-corrected chi connectivity index (χ2v) is 5.98. The van der Waals surface area contributed by atoms with Crippen LogP contribution in [0.15, 0.2) is 36.1 Å². The summed E-state index contributed by atoms with van der Waals surface area (Å²) in [4.78, 5) is 13.4. The molecule has 5 heteroatoms. The number of pyridine rings is 1. The lowest BCUT2D eigenvalue weighted by atomic mass is 10.1. The average molecular weight is 288 g/mol. The minimum Gasteiger partial charge on any atom is -0.346 e. The summed E-state index contributed by atoms with van der Waals surface area (Å²) in [6.45, 7) is 5.69. The molecule has 106 valence electrons. The van der Waals surface area contributed by atoms with Gasteiger partial charge in [0.15, 0.2) is 5.13 Å². The monoisotopic (exact) mass is 288 g/mol. The van der Waals surface area contributed by atoms with Crippen LogP contribution in [0, 0.1) is 0 Å². The maximum Gasteiger partial charge on any atom is 0.185 e. The van der Waals surface area contributed by atoms with E-state index in [1.54, 1.807) is 11.3 Å². The molecule has 0 aromatic carbocycles. The molecular formula is C15H20N4S. The lowest BCUT2D eigenvalue weighted by Gasteiger charge is -2.34. The minimum atomic E-state index is 1.10. The summed E-state index contributed by atoms with van der Waals surface area (Å²) >= 11 is 1.74. The number of anilines is 1. The molecule has 0 N–H and O–H groups in total. The number of aromatic nitrogens is 2. The van der Waals surface area contributed by atoms with Crippen LogP contribution in [0.1, 0.15) is 12.0 Å². The Labute approximate surface area is 124 Å². The highest BCUT2D eigenvalue weighted by atomic mass is 32.1. The predicted octanol–water partition coefficient (Wildman–Crippen LogP) is 2.29. The third-order valence-corrected chi connectivity index (χ3v) is 4.58. The van der Waals surface area contributed by atoms with Crippen LogP contribution in [-0.2, 0) is 6.42 Å². The maximum absolute atomic E-state index is 4.39. The molecule has 0 unspecified atom stereocenters. The van der Waals surface area contributed by atoms with E-state index in [0.29, 0.717) is 0 Å². The van der Waals surface area contributed by atoms with Gasteiger partial charge < -0.3 is 4.90 Å². The number of aryl methyl sites for hydroxylation is 1. The van der Waals surface area contributed by atoms with E-state index in [1.165, 1.54) is 23.7 Å². The highest BCUT2D eigenvalue weighted by Crippen LogP contribution is 2.18. The maximum atomic E-state index is 4.39. The molecule has 20 heavy (non-hydrogen) atoms. The molecule has 3 rings (SSSR count). The normalized spacial score (nSPS) is 16.5. The van der Waals surface area contributed by atoms with E-state index in [0.717, 1.165) is 32.6 Å². The van der Waals surface area contributed by atoms with Crippen molar-refractivity contribution in [3.8, 4) is 0 Å². The molecule has 0 atom stereocenters. The number of hydrogen-bond donors (Lipinski definition) is 0. The lowest BCUT2D eigenvalue weighted by molar-refractivity contribution is 0.255. The highest BCUT2D eigenvalue weighted by Gasteiger charge is 2.17. The first kappa shape index (κ1) is 13.5. The van der Waals surface area contributed by atoms with E-state index in [1.807, 2.05) is 18.6 Å². The molecule has 2 aromatic rings. The van der Waals surface area contributed by atoms with Gasteiger partial charge in [-0.3, -0.25) is 9.88 Å². The zero-order valence-corrected chi connectivity index (χ0v) is 12.4. The smallest absolute Gasteiger partial charge is 0.185 e. The molecule has 1 saturated heterocycles. The van der Waals surface area contributed by atoms with Crippen LogP contribution in [0.5, 0.6) is 0 Å². The van der Waals surface area contributed by atoms with Crippen LogP contribution in [0.2, 0.25) is 0 Å². The third-order valence-electron chi connectivity index (χ3n) is 3.75. The summed E-state index contributed by atoms with van der Waals surface area (Å²) in [6, 6.07) is 4.22. The van der Waals surface area contributed by atoms with Crippen molar-refractivity contribution in [2.45, 2.75) is 12.8 Å². The van der Waals surface area contributed by atoms with Gasteiger partial charge in [0, 0.05) is 50.1 Å². The molecule has 1 fully saturated rings. The third kappa shape index (κ3) is 3.55. The quantitative estimate of drug-likeness (QED) is 0.845. The number of hydrogen-bond acceptors (Lipinski definition) is 5. The summed E-state index contributed by atoms with van der Waals surface area (Å²) in [5, 5.41) is 3.22. The van der Waals surface area contributed by atoms with Crippen LogP contribution in [0.4, 0.5) is 5.13 Å². The van der Waals surface area contributed by atoms with Gasteiger partial charge in [0.25, 0.3) is 0 Å². The van der Waals surface area contributed by atoms with Crippen molar-refractivity contribution < 1.29 is 0 Å². The van der Waals surface area contributed by atoms with Crippen LogP contribution in [0.3, 0.4) is 0 Å². The number of piperazine rings is 1. The van der Waals surface area contributed by atoms with Crippen LogP contribution >= 0.6 is 11.3 Å². The van der Waals surface area contributed by atoms with Gasteiger partial charge in [0.05, 0.1) is 0 Å². The van der Waals surface area contributed by atoms with Crippen molar-refractivity contribution in [2.75, 3.05) is 37.6 Å². The first-order valence-electron chi connectivity index (χ1n) is 7.17. The Morgan fingerprint density at radius 1 is 1.05 bits per heavy atom. The zero-order chi connectivity index (χ0) is 13.6. The van der Waals surface area contributed by atoms with Crippen molar-refractivity contribution >= 4 is 16.5 Å². The van der Waals surface area contributed by atoms with Gasteiger partial charge in [-0.1, -0.05) is 0 Å². The molecule has 0 radical (unpaired) electrons. The molecule has 4 nitrogen and oxygen atoms in total. The molecule has 0 spiro atoms. The van der Waals surface area contributed by atoms with Crippen molar-refractivity contribution in [1.82, 2.24) is 14.9 Å². The molecule has 2 aromatic heterocycles. The Bertz CT molecular complexity index is 492. The fourth-order valence-corrected chi connectivity index (χ4v) is 3.29. The van der Waals surface area contributed by atoms with Crippen LogP contribution < -0.4 is 4.90 Å². The summed E-state index contributed by atoms with van der Waals surface area (Å²) in [5.41, 5.74) is 1.39. The van der Waals surface area contributed by atoms with Crippen molar-refractivity contribution in [3.63, 3.8) is 0 Å². The molecule has 3 heterocycles. The fraction of sp³-hybridized carbons (Fsp3) is 0.467. The van der Waals surface area contributed by atoms with E-state index >= 15 is 0 Å². The predicted molar refractivity (Wildman–Crippen MR) is 83.3 cm³/mol. The molecule has 0 amide bonds. The summed E-state index contributed by atoms with van der Waals surface area (Å²) in [7, 11) is 0. The van der Waals surface area contributed by atoms with Gasteiger partial charge in [0.1, 0.15) is 0 Å². The fourth-order valence-electron chi connectivity index (χ4n) is 2.59. The second-order valence-electron chi connectivity index (χ2n) is 5.10. The SMILES string of the molecule is c1cc(CCCN2CCN(c3nccs3)CC2)ccn1. The Morgan fingerprint density at radius 2 is 1.85 bits per heavy atom. The topological polar surface area (TPSA) is 32.3 Å². The molecule has 0 aliphatic carbocycles. The van der Waals surface area contributed by atoms with Gasteiger partial charge in [0.2, 0.25) is 0 Å². The highest BCUT2D eigenvalue weighted by molar-refractivity contribution is 7.13. The van der Waals surface area contributed by atoms with Crippen LogP contribution in [0.25, 0.3) is 0 Å². The lowest BCUT2D eigenvalue weighted by Crippen LogP contribution is -2.46. The minimum absolute atomic E-state index is 1.10. The number of nitrogens with zero attached hydrogens (tertiary/aromatic N) is 4. The number of thiazole rings is 1. The van der Waals surface area contributed by atoms with E-state index in [4.69, 9.17) is 0 Å². The second kappa shape index (κ2) is 6.81. The van der Waals surface area contributed by atoms with E-state index in [-0.39, 0.29) is 0 Å². The van der Waals surface area contributed by atoms with E-state index in [9.17, 15) is 0 Å². The molecule has 0 bridgehead atoms. The first-order chi connectivity index (χ1) is 9.92. The van der Waals surface area contributed by atoms with Gasteiger partial charge in [-0.2, -0.15) is 0 Å². The van der Waals surface area contributed by atoms with Crippen LogP contribution in [-0.4, -0.2) is 47.6 Å². The Balaban J connectivity index is 1.39. The Morgan fingerprint density at radius 3 is 2.55 bits per heavy atom. The summed E-state index contributed by atoms with van der Waals surface area (Å²) < 4.78 is 0.